The normalized spacial score (nSPS) is 15.5. The maximum Gasteiger partial charge on any atom is 0.243 e. The van der Waals surface area contributed by atoms with Crippen LogP contribution in [0.4, 0.5) is 4.39 Å². The summed E-state index contributed by atoms with van der Waals surface area (Å²) in [6.45, 7) is 1.02. The molecule has 0 N–H and O–H groups in total. The van der Waals surface area contributed by atoms with Gasteiger partial charge >= 0.3 is 0 Å². The van der Waals surface area contributed by atoms with Crippen LogP contribution in [0.1, 0.15) is 10.4 Å². The summed E-state index contributed by atoms with van der Waals surface area (Å²) in [7, 11) is -3.61. The van der Waals surface area contributed by atoms with Gasteiger partial charge in [0.2, 0.25) is 10.0 Å². The Morgan fingerprint density at radius 1 is 1.15 bits per heavy atom. The number of benzene rings is 2. The monoisotopic (exact) mass is 413 g/mol. The lowest BCUT2D eigenvalue weighted by molar-refractivity contribution is 0.0730. The van der Waals surface area contributed by atoms with Crippen molar-refractivity contribution in [1.29, 1.82) is 0 Å². The first-order valence-electron chi connectivity index (χ1n) is 8.17. The lowest BCUT2D eigenvalue weighted by atomic mass is 10.1. The molecule has 0 bridgehead atoms. The van der Waals surface area contributed by atoms with Crippen LogP contribution in [0.15, 0.2) is 47.4 Å². The number of halogens is 2. The first-order valence-corrected chi connectivity index (χ1v) is 9.99. The molecule has 0 aliphatic carbocycles. The van der Waals surface area contributed by atoms with Crippen molar-refractivity contribution in [2.24, 2.45) is 0 Å². The van der Waals surface area contributed by atoms with Crippen LogP contribution >= 0.6 is 11.6 Å². The number of rotatable bonds is 6. The summed E-state index contributed by atoms with van der Waals surface area (Å²) in [4.78, 5) is 12.4. The highest BCUT2D eigenvalue weighted by Gasteiger charge is 2.26. The van der Waals surface area contributed by atoms with Gasteiger partial charge in [0, 0.05) is 18.7 Å². The lowest BCUT2D eigenvalue weighted by Crippen LogP contribution is -2.40. The molecule has 0 amide bonds. The zero-order valence-corrected chi connectivity index (χ0v) is 15.8. The van der Waals surface area contributed by atoms with E-state index in [1.807, 2.05) is 0 Å². The summed E-state index contributed by atoms with van der Waals surface area (Å²) in [5.41, 5.74) is 0.300. The maximum atomic E-state index is 13.0. The third-order valence-corrected chi connectivity index (χ3v) is 6.25. The third-order valence-electron chi connectivity index (χ3n) is 4.04. The molecule has 144 valence electrons. The molecule has 0 unspecified atom stereocenters. The van der Waals surface area contributed by atoms with Gasteiger partial charge in [0.25, 0.3) is 0 Å². The predicted octanol–water partition coefficient (Wildman–Crippen LogP) is 2.76. The van der Waals surface area contributed by atoms with E-state index in [1.54, 1.807) is 0 Å². The molecule has 6 nitrogen and oxygen atoms in total. The molecule has 0 radical (unpaired) electrons. The fourth-order valence-electron chi connectivity index (χ4n) is 2.57. The summed E-state index contributed by atoms with van der Waals surface area (Å²) in [6, 6.07) is 9.26. The van der Waals surface area contributed by atoms with Crippen molar-refractivity contribution in [2.75, 3.05) is 32.9 Å². The molecule has 1 aliphatic heterocycles. The minimum absolute atomic E-state index is 0.0646. The van der Waals surface area contributed by atoms with Gasteiger partial charge < -0.3 is 9.47 Å². The minimum Gasteiger partial charge on any atom is -0.484 e. The SMILES string of the molecule is O=C(COc1ccc(F)cc1Cl)c1ccc(S(=O)(=O)N2CCOCC2)cc1. The molecule has 2 aromatic rings. The molecule has 27 heavy (non-hydrogen) atoms. The zero-order chi connectivity index (χ0) is 19.4. The molecular formula is C18H17ClFNO5S. The van der Waals surface area contributed by atoms with Gasteiger partial charge in [-0.15, -0.1) is 0 Å². The quantitative estimate of drug-likeness (QED) is 0.681. The van der Waals surface area contributed by atoms with Gasteiger partial charge in [0.15, 0.2) is 12.4 Å². The van der Waals surface area contributed by atoms with Gasteiger partial charge in [-0.1, -0.05) is 11.6 Å². The van der Waals surface area contributed by atoms with E-state index in [2.05, 4.69) is 0 Å². The van der Waals surface area contributed by atoms with Crippen molar-refractivity contribution in [3.8, 4) is 5.75 Å². The summed E-state index contributed by atoms with van der Waals surface area (Å²) in [5, 5.41) is 0.0646. The number of ketones is 1. The van der Waals surface area contributed by atoms with E-state index in [0.717, 1.165) is 6.07 Å². The van der Waals surface area contributed by atoms with Crippen LogP contribution in [0.3, 0.4) is 0 Å². The number of sulfonamides is 1. The number of nitrogens with zero attached hydrogens (tertiary/aromatic N) is 1. The molecule has 1 aliphatic rings. The number of ether oxygens (including phenoxy) is 2. The van der Waals surface area contributed by atoms with Gasteiger partial charge in [-0.25, -0.2) is 12.8 Å². The van der Waals surface area contributed by atoms with Crippen molar-refractivity contribution < 1.29 is 27.1 Å². The highest BCUT2D eigenvalue weighted by Crippen LogP contribution is 2.25. The Morgan fingerprint density at radius 2 is 1.81 bits per heavy atom. The van der Waals surface area contributed by atoms with Crippen molar-refractivity contribution in [3.05, 3.63) is 58.9 Å². The van der Waals surface area contributed by atoms with Gasteiger partial charge in [-0.3, -0.25) is 4.79 Å². The molecular weight excluding hydrogens is 397 g/mol. The minimum atomic E-state index is -3.61. The molecule has 9 heteroatoms. The van der Waals surface area contributed by atoms with E-state index >= 15 is 0 Å². The second-order valence-electron chi connectivity index (χ2n) is 5.83. The Labute approximate surface area is 161 Å². The fourth-order valence-corrected chi connectivity index (χ4v) is 4.20. The summed E-state index contributed by atoms with van der Waals surface area (Å²) in [5.74, 6) is -0.667. The molecule has 3 rings (SSSR count). The largest absolute Gasteiger partial charge is 0.484 e. The molecule has 1 fully saturated rings. The Bertz CT molecular complexity index is 927. The van der Waals surface area contributed by atoms with Gasteiger partial charge in [0.05, 0.1) is 23.1 Å². The van der Waals surface area contributed by atoms with E-state index in [1.165, 1.54) is 40.7 Å². The first-order chi connectivity index (χ1) is 12.9. The number of morpholine rings is 1. The van der Waals surface area contributed by atoms with Crippen molar-refractivity contribution in [1.82, 2.24) is 4.31 Å². The van der Waals surface area contributed by atoms with E-state index in [-0.39, 0.29) is 28.1 Å². The van der Waals surface area contributed by atoms with Crippen LogP contribution in [0, 0.1) is 5.82 Å². The fraction of sp³-hybridized carbons (Fsp3) is 0.278. The van der Waals surface area contributed by atoms with Gasteiger partial charge in [-0.05, 0) is 42.5 Å². The Balaban J connectivity index is 1.66. The van der Waals surface area contributed by atoms with Crippen LogP contribution in [0.2, 0.25) is 5.02 Å². The van der Waals surface area contributed by atoms with Crippen molar-refractivity contribution in [2.45, 2.75) is 4.90 Å². The highest BCUT2D eigenvalue weighted by atomic mass is 35.5. The number of Topliss-reactive ketones (excluding diaryl/α,β-unsaturated/α-hetero) is 1. The molecule has 1 saturated heterocycles. The topological polar surface area (TPSA) is 72.9 Å². The van der Waals surface area contributed by atoms with Crippen LogP contribution in [0.25, 0.3) is 0 Å². The highest BCUT2D eigenvalue weighted by molar-refractivity contribution is 7.89. The second-order valence-corrected chi connectivity index (χ2v) is 8.17. The summed E-state index contributed by atoms with van der Waals surface area (Å²) >= 11 is 5.85. The van der Waals surface area contributed by atoms with E-state index in [4.69, 9.17) is 21.1 Å². The van der Waals surface area contributed by atoms with Crippen LogP contribution in [0.5, 0.6) is 5.75 Å². The Hall–Kier alpha value is -2.00. The van der Waals surface area contributed by atoms with E-state index < -0.39 is 15.8 Å². The summed E-state index contributed by atoms with van der Waals surface area (Å²) in [6.07, 6.45) is 0. The maximum absolute atomic E-state index is 13.0. The van der Waals surface area contributed by atoms with Gasteiger partial charge in [0.1, 0.15) is 11.6 Å². The van der Waals surface area contributed by atoms with E-state index in [0.29, 0.717) is 31.9 Å². The van der Waals surface area contributed by atoms with Crippen molar-refractivity contribution >= 4 is 27.4 Å². The Morgan fingerprint density at radius 3 is 2.44 bits per heavy atom. The molecule has 0 saturated carbocycles. The summed E-state index contributed by atoms with van der Waals surface area (Å²) < 4.78 is 50.0. The molecule has 0 spiro atoms. The number of hydrogen-bond acceptors (Lipinski definition) is 5. The number of carbonyl (C=O) groups excluding carboxylic acids is 1. The van der Waals surface area contributed by atoms with Crippen LogP contribution in [-0.4, -0.2) is 51.4 Å². The molecule has 0 atom stereocenters. The molecule has 1 heterocycles. The van der Waals surface area contributed by atoms with E-state index in [9.17, 15) is 17.6 Å². The second kappa shape index (κ2) is 8.35. The lowest BCUT2D eigenvalue weighted by Gasteiger charge is -2.26. The zero-order valence-electron chi connectivity index (χ0n) is 14.2. The molecule has 0 aromatic heterocycles. The van der Waals surface area contributed by atoms with Gasteiger partial charge in [-0.2, -0.15) is 4.31 Å². The first kappa shape index (κ1) is 19.8. The Kier molecular flexibility index (Phi) is 6.11. The smallest absolute Gasteiger partial charge is 0.243 e. The predicted molar refractivity (Wildman–Crippen MR) is 97.3 cm³/mol. The average molecular weight is 414 g/mol. The number of hydrogen-bond donors (Lipinski definition) is 0. The molecule has 2 aromatic carbocycles. The third kappa shape index (κ3) is 4.65. The average Bonchev–Trinajstić information content (AvgIpc) is 2.68. The van der Waals surface area contributed by atoms with Crippen molar-refractivity contribution in [3.63, 3.8) is 0 Å². The van der Waals surface area contributed by atoms with Crippen LogP contribution < -0.4 is 4.74 Å². The standard InChI is InChI=1S/C18H17ClFNO5S/c19-16-11-14(20)3-6-18(16)26-12-17(22)13-1-4-15(5-2-13)27(23,24)21-7-9-25-10-8-21/h1-6,11H,7-10,12H2. The van der Waals surface area contributed by atoms with Crippen LogP contribution in [-0.2, 0) is 14.8 Å². The number of carbonyl (C=O) groups is 1.